The Morgan fingerprint density at radius 1 is 0.840 bits per heavy atom. The van der Waals surface area contributed by atoms with E-state index in [1.807, 2.05) is 18.2 Å². The van der Waals surface area contributed by atoms with Gasteiger partial charge in [-0.25, -0.2) is 0 Å². The van der Waals surface area contributed by atoms with Gasteiger partial charge in [0.25, 0.3) is 0 Å². The molecule has 3 aromatic rings. The Morgan fingerprint density at radius 3 is 2.36 bits per heavy atom. The number of hydrogen-bond acceptors (Lipinski definition) is 1. The Balaban J connectivity index is 0.00000104. The minimum Gasteiger partial charge on any atom is -1.00 e. The van der Waals surface area contributed by atoms with Crippen molar-refractivity contribution in [2.24, 2.45) is 0 Å². The third kappa shape index (κ3) is 4.97. The number of rotatable bonds is 3. The quantitative estimate of drug-likeness (QED) is 0.510. The van der Waals surface area contributed by atoms with Gasteiger partial charge in [0.2, 0.25) is 0 Å². The van der Waals surface area contributed by atoms with Crippen molar-refractivity contribution in [1.82, 2.24) is 4.98 Å². The van der Waals surface area contributed by atoms with Crippen LogP contribution in [0.1, 0.15) is 17.7 Å². The van der Waals surface area contributed by atoms with Crippen molar-refractivity contribution in [3.8, 4) is 0 Å². The van der Waals surface area contributed by atoms with Gasteiger partial charge in [-0.2, -0.15) is 17.7 Å². The zero-order valence-electron chi connectivity index (χ0n) is 13.5. The smallest absolute Gasteiger partial charge is 1.00 e. The largest absolute Gasteiger partial charge is 3.00 e. The van der Waals surface area contributed by atoms with Crippen LogP contribution in [-0.4, -0.2) is 4.98 Å². The van der Waals surface area contributed by atoms with Gasteiger partial charge in [0.15, 0.2) is 0 Å². The van der Waals surface area contributed by atoms with Gasteiger partial charge >= 0.3 is 17.4 Å². The molecule has 0 bridgehead atoms. The van der Waals surface area contributed by atoms with Crippen LogP contribution in [0.25, 0.3) is 16.5 Å². The number of allylic oxidation sites excluding steroid dienone is 4. The second-order valence-electron chi connectivity index (χ2n) is 5.59. The molecule has 1 heterocycles. The summed E-state index contributed by atoms with van der Waals surface area (Å²) in [6, 6.07) is 23.0. The van der Waals surface area contributed by atoms with Crippen LogP contribution in [0.2, 0.25) is 0 Å². The van der Waals surface area contributed by atoms with Crippen LogP contribution < -0.4 is 24.8 Å². The summed E-state index contributed by atoms with van der Waals surface area (Å²) >= 11 is 0. The molecule has 1 aliphatic carbocycles. The molecule has 0 fully saturated rings. The number of fused-ring (bicyclic) bond motifs is 1. The fourth-order valence-corrected chi connectivity index (χ4v) is 2.87. The van der Waals surface area contributed by atoms with Crippen molar-refractivity contribution in [1.29, 1.82) is 0 Å². The standard InChI is InChI=1S/C21H16N.2ClH.Cr/c1-2-6-17(7-3-1)19-11-10-16(14-19)15-20-13-12-18-8-4-5-9-21(18)22-20;;;/h1-9,11-13H,10,15H2;2*1H;/q-1;;;+3/p-2. The van der Waals surface area contributed by atoms with Gasteiger partial charge in [0.1, 0.15) is 0 Å². The first-order valence-electron chi connectivity index (χ1n) is 7.60. The average Bonchev–Trinajstić information content (AvgIpc) is 3.04. The molecule has 2 aromatic carbocycles. The number of benzene rings is 2. The van der Waals surface area contributed by atoms with Crippen LogP contribution in [0.15, 0.2) is 78.4 Å². The summed E-state index contributed by atoms with van der Waals surface area (Å²) in [5, 5.41) is 1.19. The molecule has 0 N–H and O–H groups in total. The van der Waals surface area contributed by atoms with Crippen LogP contribution >= 0.6 is 0 Å². The van der Waals surface area contributed by atoms with Crippen molar-refractivity contribution in [2.45, 2.75) is 12.8 Å². The molecule has 25 heavy (non-hydrogen) atoms. The van der Waals surface area contributed by atoms with Gasteiger partial charge in [-0.1, -0.05) is 48.9 Å². The van der Waals surface area contributed by atoms with E-state index in [1.165, 1.54) is 22.1 Å². The molecule has 125 valence electrons. The summed E-state index contributed by atoms with van der Waals surface area (Å²) in [5.41, 5.74) is 5.93. The summed E-state index contributed by atoms with van der Waals surface area (Å²) < 4.78 is 0. The summed E-state index contributed by atoms with van der Waals surface area (Å²) in [7, 11) is 0. The summed E-state index contributed by atoms with van der Waals surface area (Å²) in [5.74, 6) is 0. The number of para-hydroxylation sites is 1. The Hall–Kier alpha value is -1.56. The number of halogens is 2. The molecule has 0 saturated heterocycles. The van der Waals surface area contributed by atoms with E-state index in [2.05, 4.69) is 60.7 Å². The first kappa shape index (κ1) is 21.5. The van der Waals surface area contributed by atoms with E-state index >= 15 is 0 Å². The Kier molecular flexibility index (Phi) is 8.43. The minimum atomic E-state index is 0. The summed E-state index contributed by atoms with van der Waals surface area (Å²) in [6.45, 7) is 0. The van der Waals surface area contributed by atoms with Crippen molar-refractivity contribution in [3.05, 3.63) is 95.7 Å². The molecule has 1 radical (unpaired) electrons. The molecule has 4 rings (SSSR count). The molecule has 4 heteroatoms. The Morgan fingerprint density at radius 2 is 1.56 bits per heavy atom. The number of nitrogens with zero attached hydrogens (tertiary/aromatic N) is 1. The average molecular weight is 405 g/mol. The molecule has 1 nitrogen and oxygen atoms in total. The third-order valence-corrected chi connectivity index (χ3v) is 4.00. The van der Waals surface area contributed by atoms with Crippen molar-refractivity contribution in [2.75, 3.05) is 0 Å². The van der Waals surface area contributed by atoms with E-state index in [0.717, 1.165) is 24.1 Å². The van der Waals surface area contributed by atoms with Crippen LogP contribution in [0.5, 0.6) is 0 Å². The van der Waals surface area contributed by atoms with E-state index < -0.39 is 0 Å². The maximum Gasteiger partial charge on any atom is 3.00 e. The molecule has 0 aliphatic heterocycles. The van der Waals surface area contributed by atoms with Crippen LogP contribution in [0.4, 0.5) is 0 Å². The van der Waals surface area contributed by atoms with Gasteiger partial charge < -0.3 is 24.8 Å². The van der Waals surface area contributed by atoms with Crippen LogP contribution in [0, 0.1) is 6.08 Å². The van der Waals surface area contributed by atoms with E-state index in [9.17, 15) is 0 Å². The normalized spacial score (nSPS) is 12.3. The molecule has 0 atom stereocenters. The maximum absolute atomic E-state index is 4.75. The molecular formula is C21H16Cl2CrN. The molecule has 1 aliphatic rings. The number of hydrogen-bond donors (Lipinski definition) is 0. The fraction of sp³-hybridized carbons (Fsp3) is 0.0952. The fourth-order valence-electron chi connectivity index (χ4n) is 2.87. The molecule has 0 unspecified atom stereocenters. The number of aromatic nitrogens is 1. The Bertz CT molecular complexity index is 889. The molecular weight excluding hydrogens is 389 g/mol. The van der Waals surface area contributed by atoms with Crippen molar-refractivity contribution < 1.29 is 42.2 Å². The van der Waals surface area contributed by atoms with E-state index in [0.29, 0.717) is 0 Å². The second-order valence-corrected chi connectivity index (χ2v) is 5.59. The molecule has 0 amide bonds. The molecule has 0 spiro atoms. The van der Waals surface area contributed by atoms with E-state index in [-0.39, 0.29) is 42.2 Å². The monoisotopic (exact) mass is 404 g/mol. The zero-order chi connectivity index (χ0) is 14.8. The summed E-state index contributed by atoms with van der Waals surface area (Å²) in [4.78, 5) is 4.75. The molecule has 1 aromatic heterocycles. The van der Waals surface area contributed by atoms with Crippen LogP contribution in [-0.2, 0) is 23.8 Å². The predicted molar refractivity (Wildman–Crippen MR) is 91.2 cm³/mol. The van der Waals surface area contributed by atoms with Gasteiger partial charge in [-0.05, 0) is 18.6 Å². The molecule has 0 saturated carbocycles. The zero-order valence-corrected chi connectivity index (χ0v) is 16.2. The maximum atomic E-state index is 4.75. The SMILES string of the molecule is [C-]1=C(Cc2ccc3ccccc3n2)CC=C1c1ccccc1.[Cl-].[Cl-].[Cr+3]. The van der Waals surface area contributed by atoms with Gasteiger partial charge in [-0.3, -0.25) is 4.98 Å². The topological polar surface area (TPSA) is 12.9 Å². The van der Waals surface area contributed by atoms with E-state index in [4.69, 9.17) is 4.98 Å². The second kappa shape index (κ2) is 9.80. The van der Waals surface area contributed by atoms with Gasteiger partial charge in [0, 0.05) is 11.1 Å². The van der Waals surface area contributed by atoms with Gasteiger partial charge in [-0.15, -0.1) is 23.3 Å². The first-order valence-corrected chi connectivity index (χ1v) is 7.60. The first-order chi connectivity index (χ1) is 10.9. The third-order valence-electron chi connectivity index (χ3n) is 4.00. The van der Waals surface area contributed by atoms with Crippen molar-refractivity contribution in [3.63, 3.8) is 0 Å². The van der Waals surface area contributed by atoms with E-state index in [1.54, 1.807) is 0 Å². The minimum absolute atomic E-state index is 0. The number of pyridine rings is 1. The predicted octanol–water partition coefficient (Wildman–Crippen LogP) is -1.00. The van der Waals surface area contributed by atoms with Gasteiger partial charge in [0.05, 0.1) is 5.52 Å². The van der Waals surface area contributed by atoms with Crippen molar-refractivity contribution >= 4 is 16.5 Å². The Labute approximate surface area is 171 Å². The summed E-state index contributed by atoms with van der Waals surface area (Å²) in [6.07, 6.45) is 7.64. The van der Waals surface area contributed by atoms with Crippen LogP contribution in [0.3, 0.4) is 0 Å².